The molecule has 0 saturated heterocycles. The van der Waals surface area contributed by atoms with Crippen molar-refractivity contribution in [3.8, 4) is 17.2 Å². The van der Waals surface area contributed by atoms with Crippen LogP contribution >= 0.6 is 0 Å². The summed E-state index contributed by atoms with van der Waals surface area (Å²) in [5.74, 6) is 2.72. The molecule has 2 rings (SSSR count). The van der Waals surface area contributed by atoms with Crippen molar-refractivity contribution in [1.82, 2.24) is 10.6 Å². The highest BCUT2D eigenvalue weighted by molar-refractivity contribution is 5.80. The normalized spacial score (nSPS) is 14.0. The maximum absolute atomic E-state index is 5.62. The maximum atomic E-state index is 5.62. The zero-order chi connectivity index (χ0) is 17.4. The lowest BCUT2D eigenvalue weighted by atomic mass is 10.2. The molecule has 1 aromatic carbocycles. The molecule has 132 valence electrons. The van der Waals surface area contributed by atoms with Gasteiger partial charge in [0.05, 0.1) is 27.4 Å². The van der Waals surface area contributed by atoms with E-state index in [1.807, 2.05) is 25.1 Å². The van der Waals surface area contributed by atoms with E-state index in [1.165, 1.54) is 12.8 Å². The Morgan fingerprint density at radius 2 is 1.96 bits per heavy atom. The second-order valence-electron chi connectivity index (χ2n) is 5.52. The standard InChI is InChI=1S/C18H27N3O3/c1-5-9-19-18(21-14-7-8-14)20-12-13-10-15(22-3)17(24-6-2)16(11-13)23-4/h5,10-11,14H,1,6-9,12H2,2-4H3,(H2,19,20,21). The molecule has 0 heterocycles. The summed E-state index contributed by atoms with van der Waals surface area (Å²) in [7, 11) is 3.24. The number of hydrogen-bond acceptors (Lipinski definition) is 4. The molecule has 6 heteroatoms. The smallest absolute Gasteiger partial charge is 0.203 e. The first kappa shape index (κ1) is 18.0. The average Bonchev–Trinajstić information content (AvgIpc) is 3.42. The number of guanidine groups is 1. The highest BCUT2D eigenvalue weighted by Gasteiger charge is 2.22. The molecule has 2 N–H and O–H groups in total. The molecular weight excluding hydrogens is 306 g/mol. The van der Waals surface area contributed by atoms with Gasteiger partial charge < -0.3 is 24.8 Å². The third-order valence-electron chi connectivity index (χ3n) is 3.56. The molecule has 1 aliphatic carbocycles. The maximum Gasteiger partial charge on any atom is 0.203 e. The van der Waals surface area contributed by atoms with Crippen LogP contribution < -0.4 is 24.8 Å². The number of nitrogens with zero attached hydrogens (tertiary/aromatic N) is 1. The van der Waals surface area contributed by atoms with Gasteiger partial charge in [-0.25, -0.2) is 4.99 Å². The summed E-state index contributed by atoms with van der Waals surface area (Å²) in [6, 6.07) is 4.39. The van der Waals surface area contributed by atoms with Crippen LogP contribution in [-0.4, -0.2) is 39.4 Å². The average molecular weight is 333 g/mol. The highest BCUT2D eigenvalue weighted by atomic mass is 16.5. The number of ether oxygens (including phenoxy) is 3. The minimum absolute atomic E-state index is 0.512. The van der Waals surface area contributed by atoms with Crippen LogP contribution in [0.25, 0.3) is 0 Å². The Labute approximate surface area is 143 Å². The first-order valence-electron chi connectivity index (χ1n) is 8.25. The molecule has 0 atom stereocenters. The predicted molar refractivity (Wildman–Crippen MR) is 96.2 cm³/mol. The topological polar surface area (TPSA) is 64.1 Å². The summed E-state index contributed by atoms with van der Waals surface area (Å²) in [6.45, 7) is 7.39. The molecule has 0 spiro atoms. The van der Waals surface area contributed by atoms with E-state index in [4.69, 9.17) is 14.2 Å². The Morgan fingerprint density at radius 3 is 2.46 bits per heavy atom. The Hall–Kier alpha value is -2.37. The van der Waals surface area contributed by atoms with Gasteiger partial charge in [-0.15, -0.1) is 6.58 Å². The van der Waals surface area contributed by atoms with E-state index < -0.39 is 0 Å². The Kier molecular flexibility index (Phi) is 6.78. The molecule has 1 saturated carbocycles. The zero-order valence-electron chi connectivity index (χ0n) is 14.7. The Morgan fingerprint density at radius 1 is 1.29 bits per heavy atom. The van der Waals surface area contributed by atoms with Crippen molar-refractivity contribution in [3.05, 3.63) is 30.4 Å². The molecule has 0 aliphatic heterocycles. The van der Waals surface area contributed by atoms with Gasteiger partial charge >= 0.3 is 0 Å². The second-order valence-corrected chi connectivity index (χ2v) is 5.52. The van der Waals surface area contributed by atoms with Gasteiger partial charge in [0, 0.05) is 12.6 Å². The summed E-state index contributed by atoms with van der Waals surface area (Å²) in [5, 5.41) is 6.62. The zero-order valence-corrected chi connectivity index (χ0v) is 14.7. The quantitative estimate of drug-likeness (QED) is 0.413. The summed E-state index contributed by atoms with van der Waals surface area (Å²) in [5.41, 5.74) is 0.989. The third kappa shape index (κ3) is 5.08. The summed E-state index contributed by atoms with van der Waals surface area (Å²) >= 11 is 0. The lowest BCUT2D eigenvalue weighted by molar-refractivity contribution is 0.288. The van der Waals surface area contributed by atoms with E-state index in [0.29, 0.717) is 43.0 Å². The van der Waals surface area contributed by atoms with E-state index in [-0.39, 0.29) is 0 Å². The number of benzene rings is 1. The van der Waals surface area contributed by atoms with Crippen molar-refractivity contribution in [2.45, 2.75) is 32.4 Å². The molecule has 1 aliphatic rings. The van der Waals surface area contributed by atoms with E-state index in [1.54, 1.807) is 14.2 Å². The lowest BCUT2D eigenvalue weighted by Crippen LogP contribution is -2.38. The van der Waals surface area contributed by atoms with Crippen molar-refractivity contribution in [1.29, 1.82) is 0 Å². The Bertz CT molecular complexity index is 558. The third-order valence-corrected chi connectivity index (χ3v) is 3.56. The summed E-state index contributed by atoms with van der Waals surface area (Å²) in [6.07, 6.45) is 4.20. The van der Waals surface area contributed by atoms with Crippen LogP contribution in [0.2, 0.25) is 0 Å². The molecule has 1 fully saturated rings. The van der Waals surface area contributed by atoms with Crippen LogP contribution in [0.4, 0.5) is 0 Å². The van der Waals surface area contributed by atoms with Crippen LogP contribution in [0.1, 0.15) is 25.3 Å². The molecule has 0 unspecified atom stereocenters. The first-order chi connectivity index (χ1) is 11.7. The molecule has 1 aromatic rings. The van der Waals surface area contributed by atoms with Gasteiger partial charge in [0.25, 0.3) is 0 Å². The van der Waals surface area contributed by atoms with Crippen molar-refractivity contribution in [2.24, 2.45) is 4.99 Å². The molecule has 0 amide bonds. The summed E-state index contributed by atoms with van der Waals surface area (Å²) < 4.78 is 16.5. The number of methoxy groups -OCH3 is 2. The highest BCUT2D eigenvalue weighted by Crippen LogP contribution is 2.38. The predicted octanol–water partition coefficient (Wildman–Crippen LogP) is 2.49. The largest absolute Gasteiger partial charge is 0.493 e. The Balaban J connectivity index is 2.16. The molecular formula is C18H27N3O3. The lowest BCUT2D eigenvalue weighted by Gasteiger charge is -2.15. The summed E-state index contributed by atoms with van der Waals surface area (Å²) in [4.78, 5) is 4.63. The van der Waals surface area contributed by atoms with Gasteiger partial charge in [-0.1, -0.05) is 6.08 Å². The molecule has 0 radical (unpaired) electrons. The van der Waals surface area contributed by atoms with E-state index >= 15 is 0 Å². The fourth-order valence-corrected chi connectivity index (χ4v) is 2.22. The van der Waals surface area contributed by atoms with Gasteiger partial charge in [0.15, 0.2) is 17.5 Å². The van der Waals surface area contributed by atoms with E-state index in [0.717, 1.165) is 11.5 Å². The van der Waals surface area contributed by atoms with Crippen LogP contribution in [0, 0.1) is 0 Å². The van der Waals surface area contributed by atoms with Gasteiger partial charge in [-0.05, 0) is 37.5 Å². The van der Waals surface area contributed by atoms with Crippen molar-refractivity contribution in [3.63, 3.8) is 0 Å². The molecule has 24 heavy (non-hydrogen) atoms. The fourth-order valence-electron chi connectivity index (χ4n) is 2.22. The van der Waals surface area contributed by atoms with Crippen molar-refractivity contribution < 1.29 is 14.2 Å². The van der Waals surface area contributed by atoms with Crippen molar-refractivity contribution in [2.75, 3.05) is 27.4 Å². The minimum atomic E-state index is 0.512. The van der Waals surface area contributed by atoms with E-state index in [2.05, 4.69) is 22.2 Å². The molecule has 0 bridgehead atoms. The second kappa shape index (κ2) is 9.05. The number of rotatable bonds is 9. The number of nitrogens with one attached hydrogen (secondary N) is 2. The number of aliphatic imine (C=N–C) groups is 1. The first-order valence-corrected chi connectivity index (χ1v) is 8.25. The van der Waals surface area contributed by atoms with Gasteiger partial charge in [0.2, 0.25) is 5.75 Å². The minimum Gasteiger partial charge on any atom is -0.493 e. The van der Waals surface area contributed by atoms with Crippen LogP contribution in [0.5, 0.6) is 17.2 Å². The number of hydrogen-bond donors (Lipinski definition) is 2. The van der Waals surface area contributed by atoms with Crippen molar-refractivity contribution >= 4 is 5.96 Å². The fraction of sp³-hybridized carbons (Fsp3) is 0.500. The van der Waals surface area contributed by atoms with Crippen LogP contribution in [0.3, 0.4) is 0 Å². The molecule has 6 nitrogen and oxygen atoms in total. The monoisotopic (exact) mass is 333 g/mol. The van der Waals surface area contributed by atoms with E-state index in [9.17, 15) is 0 Å². The van der Waals surface area contributed by atoms with Gasteiger partial charge in [-0.2, -0.15) is 0 Å². The van der Waals surface area contributed by atoms with Crippen LogP contribution in [-0.2, 0) is 6.54 Å². The molecule has 0 aromatic heterocycles. The van der Waals surface area contributed by atoms with Crippen LogP contribution in [0.15, 0.2) is 29.8 Å². The van der Waals surface area contributed by atoms with Gasteiger partial charge in [-0.3, -0.25) is 0 Å². The van der Waals surface area contributed by atoms with Gasteiger partial charge in [0.1, 0.15) is 0 Å². The SMILES string of the molecule is C=CCNC(=NCc1cc(OC)c(OCC)c(OC)c1)NC1CC1.